The van der Waals surface area contributed by atoms with Crippen molar-refractivity contribution >= 4 is 11.8 Å². The molecule has 0 aliphatic rings. The van der Waals surface area contributed by atoms with Crippen LogP contribution in [0.2, 0.25) is 0 Å². The van der Waals surface area contributed by atoms with E-state index in [2.05, 4.69) is 6.58 Å². The molecule has 3 heteroatoms. The molecule has 0 rings (SSSR count). The SMILES string of the molecule is C=CC(C)C(C/C=C/C)(C(C)=O)C(=O)OCC. The first kappa shape index (κ1) is 15.6. The minimum Gasteiger partial charge on any atom is -0.465 e. The second-order valence-corrected chi connectivity index (χ2v) is 4.05. The third-order valence-corrected chi connectivity index (χ3v) is 3.07. The average molecular weight is 238 g/mol. The van der Waals surface area contributed by atoms with E-state index in [1.807, 2.05) is 26.0 Å². The van der Waals surface area contributed by atoms with E-state index in [0.717, 1.165) is 0 Å². The number of ether oxygens (including phenoxy) is 1. The number of carbonyl (C=O) groups is 2. The van der Waals surface area contributed by atoms with Gasteiger partial charge >= 0.3 is 5.97 Å². The van der Waals surface area contributed by atoms with Gasteiger partial charge in [0.1, 0.15) is 11.2 Å². The van der Waals surface area contributed by atoms with Crippen LogP contribution < -0.4 is 0 Å². The van der Waals surface area contributed by atoms with Gasteiger partial charge in [0.05, 0.1) is 6.61 Å². The summed E-state index contributed by atoms with van der Waals surface area (Å²) in [5.41, 5.74) is -1.13. The first-order valence-electron chi connectivity index (χ1n) is 5.89. The minimum absolute atomic E-state index is 0.179. The summed E-state index contributed by atoms with van der Waals surface area (Å²) in [6, 6.07) is 0. The van der Waals surface area contributed by atoms with Gasteiger partial charge in [-0.15, -0.1) is 6.58 Å². The summed E-state index contributed by atoms with van der Waals surface area (Å²) in [7, 11) is 0. The van der Waals surface area contributed by atoms with Crippen molar-refractivity contribution in [1.82, 2.24) is 0 Å². The molecule has 0 aliphatic carbocycles. The van der Waals surface area contributed by atoms with Gasteiger partial charge in [-0.25, -0.2) is 0 Å². The van der Waals surface area contributed by atoms with Crippen molar-refractivity contribution in [2.45, 2.75) is 34.1 Å². The fourth-order valence-corrected chi connectivity index (χ4v) is 1.83. The number of hydrogen-bond donors (Lipinski definition) is 0. The highest BCUT2D eigenvalue weighted by atomic mass is 16.5. The molecule has 0 saturated carbocycles. The van der Waals surface area contributed by atoms with E-state index in [1.165, 1.54) is 6.92 Å². The number of rotatable bonds is 7. The molecule has 17 heavy (non-hydrogen) atoms. The first-order chi connectivity index (χ1) is 7.97. The van der Waals surface area contributed by atoms with Gasteiger partial charge in [0.25, 0.3) is 0 Å². The number of ketones is 1. The molecular formula is C14H22O3. The molecular weight excluding hydrogens is 216 g/mol. The smallest absolute Gasteiger partial charge is 0.320 e. The molecule has 0 radical (unpaired) electrons. The number of hydrogen-bond acceptors (Lipinski definition) is 3. The molecule has 2 atom stereocenters. The summed E-state index contributed by atoms with van der Waals surface area (Å²) < 4.78 is 5.05. The molecule has 0 aromatic rings. The molecule has 96 valence electrons. The topological polar surface area (TPSA) is 43.4 Å². The zero-order chi connectivity index (χ0) is 13.5. The molecule has 0 fully saturated rings. The largest absolute Gasteiger partial charge is 0.465 e. The Balaban J connectivity index is 5.45. The fourth-order valence-electron chi connectivity index (χ4n) is 1.83. The van der Waals surface area contributed by atoms with E-state index < -0.39 is 11.4 Å². The van der Waals surface area contributed by atoms with Crippen LogP contribution in [0.4, 0.5) is 0 Å². The molecule has 0 saturated heterocycles. The van der Waals surface area contributed by atoms with Crippen LogP contribution in [0.25, 0.3) is 0 Å². The Hall–Kier alpha value is -1.38. The van der Waals surface area contributed by atoms with Crippen molar-refractivity contribution in [2.24, 2.45) is 11.3 Å². The molecule has 0 aliphatic heterocycles. The van der Waals surface area contributed by atoms with Gasteiger partial charge < -0.3 is 4.74 Å². The maximum absolute atomic E-state index is 12.1. The van der Waals surface area contributed by atoms with Crippen LogP contribution in [0.5, 0.6) is 0 Å². The summed E-state index contributed by atoms with van der Waals surface area (Å²) >= 11 is 0. The highest BCUT2D eigenvalue weighted by Gasteiger charge is 2.47. The van der Waals surface area contributed by atoms with Crippen LogP contribution >= 0.6 is 0 Å². The zero-order valence-corrected chi connectivity index (χ0v) is 11.2. The first-order valence-corrected chi connectivity index (χ1v) is 5.89. The van der Waals surface area contributed by atoms with Crippen molar-refractivity contribution < 1.29 is 14.3 Å². The maximum atomic E-state index is 12.1. The highest BCUT2D eigenvalue weighted by molar-refractivity contribution is 6.03. The third kappa shape index (κ3) is 3.29. The predicted molar refractivity (Wildman–Crippen MR) is 68.5 cm³/mol. The Morgan fingerprint density at radius 1 is 1.47 bits per heavy atom. The van der Waals surface area contributed by atoms with E-state index in [-0.39, 0.29) is 18.3 Å². The normalized spacial score (nSPS) is 16.2. The lowest BCUT2D eigenvalue weighted by molar-refractivity contribution is -0.161. The Morgan fingerprint density at radius 2 is 2.06 bits per heavy atom. The molecule has 0 amide bonds. The number of esters is 1. The molecule has 2 unspecified atom stereocenters. The second-order valence-electron chi connectivity index (χ2n) is 4.05. The van der Waals surface area contributed by atoms with Crippen molar-refractivity contribution in [3.05, 3.63) is 24.8 Å². The van der Waals surface area contributed by atoms with Crippen LogP contribution in [-0.2, 0) is 14.3 Å². The summed E-state index contributed by atoms with van der Waals surface area (Å²) in [6.45, 7) is 10.8. The van der Waals surface area contributed by atoms with Crippen molar-refractivity contribution in [2.75, 3.05) is 6.61 Å². The summed E-state index contributed by atoms with van der Waals surface area (Å²) in [4.78, 5) is 24.0. The van der Waals surface area contributed by atoms with Gasteiger partial charge in [0.15, 0.2) is 0 Å². The van der Waals surface area contributed by atoms with Gasteiger partial charge in [0.2, 0.25) is 0 Å². The van der Waals surface area contributed by atoms with Crippen LogP contribution in [0, 0.1) is 11.3 Å². The molecule has 0 aromatic carbocycles. The Morgan fingerprint density at radius 3 is 2.41 bits per heavy atom. The monoisotopic (exact) mass is 238 g/mol. The van der Waals surface area contributed by atoms with Crippen LogP contribution in [0.1, 0.15) is 34.1 Å². The van der Waals surface area contributed by atoms with Gasteiger partial charge in [-0.2, -0.15) is 0 Å². The molecule has 0 heterocycles. The molecule has 0 spiro atoms. The van der Waals surface area contributed by atoms with Gasteiger partial charge in [-0.05, 0) is 33.1 Å². The predicted octanol–water partition coefficient (Wildman–Crippen LogP) is 2.91. The standard InChI is InChI=1S/C14H22O3/c1-6-9-10-14(12(5)15,11(4)7-2)13(16)17-8-3/h6-7,9,11H,2,8,10H2,1,3-5H3/b9-6+. The molecule has 3 nitrogen and oxygen atoms in total. The van der Waals surface area contributed by atoms with E-state index in [1.54, 1.807) is 13.0 Å². The quantitative estimate of drug-likeness (QED) is 0.389. The summed E-state index contributed by atoms with van der Waals surface area (Å²) in [6.07, 6.45) is 5.62. The van der Waals surface area contributed by atoms with E-state index in [9.17, 15) is 9.59 Å². The Bertz CT molecular complexity index is 317. The van der Waals surface area contributed by atoms with Crippen molar-refractivity contribution in [3.8, 4) is 0 Å². The number of allylic oxidation sites excluding steroid dienone is 3. The van der Waals surface area contributed by atoms with Gasteiger partial charge in [-0.1, -0.05) is 25.2 Å². The number of Topliss-reactive ketones (excluding diaryl/α,β-unsaturated/α-hetero) is 1. The molecule has 0 N–H and O–H groups in total. The van der Waals surface area contributed by atoms with Crippen LogP contribution in [-0.4, -0.2) is 18.4 Å². The maximum Gasteiger partial charge on any atom is 0.320 e. The third-order valence-electron chi connectivity index (χ3n) is 3.07. The highest BCUT2D eigenvalue weighted by Crippen LogP contribution is 2.36. The van der Waals surface area contributed by atoms with E-state index >= 15 is 0 Å². The summed E-state index contributed by atoms with van der Waals surface area (Å²) in [5.74, 6) is -0.894. The van der Waals surface area contributed by atoms with Gasteiger partial charge in [-0.3, -0.25) is 9.59 Å². The van der Waals surface area contributed by atoms with Crippen LogP contribution in [0.3, 0.4) is 0 Å². The second kappa shape index (κ2) is 7.05. The zero-order valence-electron chi connectivity index (χ0n) is 11.2. The average Bonchev–Trinajstić information content (AvgIpc) is 2.29. The van der Waals surface area contributed by atoms with E-state index in [4.69, 9.17) is 4.74 Å². The van der Waals surface area contributed by atoms with Crippen LogP contribution in [0.15, 0.2) is 24.8 Å². The lowest BCUT2D eigenvalue weighted by Gasteiger charge is -2.32. The van der Waals surface area contributed by atoms with Gasteiger partial charge in [0, 0.05) is 0 Å². The Labute approximate surface area is 104 Å². The molecule has 0 aromatic heterocycles. The fraction of sp³-hybridized carbons (Fsp3) is 0.571. The van der Waals surface area contributed by atoms with Crippen molar-refractivity contribution in [3.63, 3.8) is 0 Å². The van der Waals surface area contributed by atoms with Crippen molar-refractivity contribution in [1.29, 1.82) is 0 Å². The lowest BCUT2D eigenvalue weighted by Crippen LogP contribution is -2.44. The lowest BCUT2D eigenvalue weighted by atomic mass is 9.70. The van der Waals surface area contributed by atoms with E-state index in [0.29, 0.717) is 6.42 Å². The Kier molecular flexibility index (Phi) is 6.47. The number of carbonyl (C=O) groups excluding carboxylic acids is 2. The minimum atomic E-state index is -1.13. The molecule has 0 bridgehead atoms. The summed E-state index contributed by atoms with van der Waals surface area (Å²) in [5, 5.41) is 0.